The molecule has 0 saturated carbocycles. The Morgan fingerprint density at radius 3 is 2.27 bits per heavy atom. The molecule has 2 N–H and O–H groups in total. The summed E-state index contributed by atoms with van der Waals surface area (Å²) in [4.78, 5) is 37.7. The molecule has 0 radical (unpaired) electrons. The number of esters is 2. The first-order valence-corrected chi connectivity index (χ1v) is 13.5. The first kappa shape index (κ1) is 30.4. The Bertz CT molecular complexity index is 1300. The number of aromatic amines is 1. The van der Waals surface area contributed by atoms with Crippen LogP contribution in [0.15, 0.2) is 52.9 Å². The van der Waals surface area contributed by atoms with Crippen molar-refractivity contribution in [2.45, 2.75) is 84.8 Å². The van der Waals surface area contributed by atoms with Crippen LogP contribution in [0.3, 0.4) is 0 Å². The number of ether oxygens (including phenoxy) is 3. The van der Waals surface area contributed by atoms with E-state index in [2.05, 4.69) is 15.5 Å². The fraction of sp³-hybridized carbons (Fsp3) is 0.483. The monoisotopic (exact) mass is 554 g/mol. The van der Waals surface area contributed by atoms with E-state index in [1.807, 2.05) is 26.8 Å². The van der Waals surface area contributed by atoms with Crippen LogP contribution in [-0.2, 0) is 25.5 Å². The number of benzene rings is 1. The number of nitro benzene ring substituents is 1. The minimum Gasteiger partial charge on any atom is -0.474 e. The molecule has 1 aromatic carbocycles. The molecule has 1 aromatic heterocycles. The lowest BCUT2D eigenvalue weighted by Gasteiger charge is -2.30. The number of hydrogen-bond donors (Lipinski definition) is 2. The maximum atomic E-state index is 13.5. The van der Waals surface area contributed by atoms with Gasteiger partial charge in [-0.25, -0.2) is 9.59 Å². The van der Waals surface area contributed by atoms with Gasteiger partial charge in [-0.05, 0) is 59.8 Å². The number of para-hydroxylation sites is 1. The predicted octanol–water partition coefficient (Wildman–Crippen LogP) is 5.25. The zero-order chi connectivity index (χ0) is 29.4. The average molecular weight is 555 g/mol. The Morgan fingerprint density at radius 2 is 1.68 bits per heavy atom. The van der Waals surface area contributed by atoms with Crippen molar-refractivity contribution < 1.29 is 28.7 Å². The molecule has 11 nitrogen and oxygen atoms in total. The van der Waals surface area contributed by atoms with Crippen LogP contribution in [0.25, 0.3) is 0 Å². The van der Waals surface area contributed by atoms with Crippen molar-refractivity contribution in [3.63, 3.8) is 0 Å². The Labute approximate surface area is 234 Å². The summed E-state index contributed by atoms with van der Waals surface area (Å²) in [7, 11) is 1.23. The minimum absolute atomic E-state index is 0.0128. The van der Waals surface area contributed by atoms with Crippen LogP contribution >= 0.6 is 0 Å². The van der Waals surface area contributed by atoms with Crippen LogP contribution < -0.4 is 10.1 Å². The van der Waals surface area contributed by atoms with Gasteiger partial charge in [0.05, 0.1) is 41.3 Å². The largest absolute Gasteiger partial charge is 0.474 e. The molecule has 0 bridgehead atoms. The Morgan fingerprint density at radius 1 is 1.05 bits per heavy atom. The van der Waals surface area contributed by atoms with Gasteiger partial charge in [-0.1, -0.05) is 25.1 Å². The zero-order valence-electron chi connectivity index (χ0n) is 23.9. The smallest absolute Gasteiger partial charge is 0.337 e. The topological polar surface area (TPSA) is 146 Å². The van der Waals surface area contributed by atoms with Gasteiger partial charge >= 0.3 is 11.9 Å². The van der Waals surface area contributed by atoms with Crippen molar-refractivity contribution in [1.82, 2.24) is 15.5 Å². The van der Waals surface area contributed by atoms with E-state index in [0.29, 0.717) is 23.7 Å². The third-order valence-electron chi connectivity index (χ3n) is 6.92. The lowest BCUT2D eigenvalue weighted by Crippen LogP contribution is -2.33. The number of hydrogen-bond acceptors (Lipinski definition) is 9. The molecular weight excluding hydrogens is 516 g/mol. The van der Waals surface area contributed by atoms with Crippen LogP contribution in [0.4, 0.5) is 5.69 Å². The predicted molar refractivity (Wildman–Crippen MR) is 148 cm³/mol. The molecule has 216 valence electrons. The number of aryl methyl sites for hydroxylation is 1. The molecule has 0 fully saturated rings. The molecule has 11 heteroatoms. The van der Waals surface area contributed by atoms with Gasteiger partial charge in [0.25, 0.3) is 5.69 Å². The lowest BCUT2D eigenvalue weighted by atomic mass is 9.79. The summed E-state index contributed by atoms with van der Waals surface area (Å²) in [6.45, 7) is 9.19. The first-order chi connectivity index (χ1) is 19.1. The lowest BCUT2D eigenvalue weighted by molar-refractivity contribution is -0.385. The fourth-order valence-electron chi connectivity index (χ4n) is 4.87. The number of unbranched alkanes of at least 4 members (excludes halogenated alkanes) is 1. The van der Waals surface area contributed by atoms with Crippen molar-refractivity contribution in [3.05, 3.63) is 74.2 Å². The SMILES string of the molecule is CCc1cc(OC(C)CCCCC(C)OC(=O)C2=C(C)NC(C)=C(C(=O)OC)C2c2ccccc2[N+](=O)[O-])n[nH]1. The number of methoxy groups -OCH3 is 1. The second kappa shape index (κ2) is 13.8. The molecule has 3 rings (SSSR count). The maximum Gasteiger partial charge on any atom is 0.337 e. The van der Waals surface area contributed by atoms with Gasteiger partial charge in [-0.2, -0.15) is 0 Å². The summed E-state index contributed by atoms with van der Waals surface area (Å²) in [5.41, 5.74) is 2.20. The second-order valence-corrected chi connectivity index (χ2v) is 9.96. The minimum atomic E-state index is -1.02. The van der Waals surface area contributed by atoms with E-state index in [1.165, 1.54) is 19.2 Å². The molecule has 2 heterocycles. The molecule has 3 atom stereocenters. The molecule has 3 unspecified atom stereocenters. The summed E-state index contributed by atoms with van der Waals surface area (Å²) in [6.07, 6.45) is 3.54. The van der Waals surface area contributed by atoms with Gasteiger partial charge in [0.1, 0.15) is 0 Å². The van der Waals surface area contributed by atoms with Gasteiger partial charge in [0, 0.05) is 34.8 Å². The Balaban J connectivity index is 1.69. The number of allylic oxidation sites excluding steroid dienone is 2. The van der Waals surface area contributed by atoms with E-state index in [-0.39, 0.29) is 28.5 Å². The summed E-state index contributed by atoms with van der Waals surface area (Å²) in [5, 5.41) is 22.0. The number of aromatic nitrogens is 2. The van der Waals surface area contributed by atoms with E-state index in [1.54, 1.807) is 26.0 Å². The molecule has 1 aliphatic rings. The number of nitrogens with one attached hydrogen (secondary N) is 2. The molecule has 1 aliphatic heterocycles. The first-order valence-electron chi connectivity index (χ1n) is 13.5. The highest BCUT2D eigenvalue weighted by atomic mass is 16.6. The normalized spacial score (nSPS) is 16.7. The highest BCUT2D eigenvalue weighted by Crippen LogP contribution is 2.42. The number of carbonyl (C=O) groups excluding carboxylic acids is 2. The molecule has 40 heavy (non-hydrogen) atoms. The Hall–Kier alpha value is -4.15. The van der Waals surface area contributed by atoms with E-state index >= 15 is 0 Å². The summed E-state index contributed by atoms with van der Waals surface area (Å²) in [5.74, 6) is -1.77. The number of dihydropyridines is 1. The molecule has 2 aromatic rings. The van der Waals surface area contributed by atoms with Crippen LogP contribution in [0.2, 0.25) is 0 Å². The number of nitrogens with zero attached hydrogens (tertiary/aromatic N) is 2. The molecule has 0 amide bonds. The number of rotatable bonds is 13. The van der Waals surface area contributed by atoms with E-state index in [0.717, 1.165) is 31.4 Å². The highest BCUT2D eigenvalue weighted by molar-refractivity contribution is 6.00. The van der Waals surface area contributed by atoms with E-state index in [4.69, 9.17) is 14.2 Å². The third-order valence-corrected chi connectivity index (χ3v) is 6.92. The summed E-state index contributed by atoms with van der Waals surface area (Å²) >= 11 is 0. The van der Waals surface area contributed by atoms with Crippen LogP contribution in [0.1, 0.15) is 77.5 Å². The Kier molecular flexibility index (Phi) is 10.5. The molecule has 0 spiro atoms. The summed E-state index contributed by atoms with van der Waals surface area (Å²) < 4.78 is 16.6. The molecule has 0 aliphatic carbocycles. The van der Waals surface area contributed by atoms with Crippen LogP contribution in [-0.4, -0.2) is 46.4 Å². The van der Waals surface area contributed by atoms with Gasteiger partial charge in [0.2, 0.25) is 5.88 Å². The van der Waals surface area contributed by atoms with Gasteiger partial charge in [-0.3, -0.25) is 15.2 Å². The third kappa shape index (κ3) is 7.28. The van der Waals surface area contributed by atoms with E-state index < -0.39 is 28.9 Å². The van der Waals surface area contributed by atoms with Crippen molar-refractivity contribution in [2.24, 2.45) is 0 Å². The van der Waals surface area contributed by atoms with Crippen LogP contribution in [0.5, 0.6) is 5.88 Å². The van der Waals surface area contributed by atoms with Crippen molar-refractivity contribution in [3.8, 4) is 5.88 Å². The zero-order valence-corrected chi connectivity index (χ0v) is 23.9. The van der Waals surface area contributed by atoms with Gasteiger partial charge in [0.15, 0.2) is 0 Å². The number of nitro groups is 1. The van der Waals surface area contributed by atoms with Crippen LogP contribution in [0, 0.1) is 10.1 Å². The fourth-order valence-corrected chi connectivity index (χ4v) is 4.87. The van der Waals surface area contributed by atoms with Crippen molar-refractivity contribution >= 4 is 17.6 Å². The second-order valence-electron chi connectivity index (χ2n) is 9.96. The van der Waals surface area contributed by atoms with Gasteiger partial charge in [-0.15, -0.1) is 5.10 Å². The quantitative estimate of drug-likeness (QED) is 0.147. The standard InChI is InChI=1S/C29H38N4O7/c1-7-21-16-24(32-31-21)39-17(2)12-8-9-13-18(3)40-29(35)26-20(5)30-19(4)25(28(34)38-6)27(26)22-14-10-11-15-23(22)33(36)37/h10-11,14-18,27,30H,7-9,12-13H2,1-6H3,(H,31,32). The average Bonchev–Trinajstić information content (AvgIpc) is 3.37. The van der Waals surface area contributed by atoms with Crippen molar-refractivity contribution in [2.75, 3.05) is 7.11 Å². The molecule has 0 saturated heterocycles. The maximum absolute atomic E-state index is 13.5. The number of H-pyrrole nitrogens is 1. The molecular formula is C29H38N4O7. The number of carbonyl (C=O) groups is 2. The van der Waals surface area contributed by atoms with Gasteiger partial charge < -0.3 is 19.5 Å². The van der Waals surface area contributed by atoms with Crippen molar-refractivity contribution in [1.29, 1.82) is 0 Å². The summed E-state index contributed by atoms with van der Waals surface area (Å²) in [6, 6.07) is 7.96. The highest BCUT2D eigenvalue weighted by Gasteiger charge is 2.41. The van der Waals surface area contributed by atoms with E-state index in [9.17, 15) is 19.7 Å².